The molecule has 1 saturated heterocycles. The van der Waals surface area contributed by atoms with Crippen LogP contribution in [0.15, 0.2) is 24.3 Å². The van der Waals surface area contributed by atoms with Crippen LogP contribution in [0.25, 0.3) is 0 Å². The fourth-order valence-corrected chi connectivity index (χ4v) is 3.75. The lowest BCUT2D eigenvalue weighted by molar-refractivity contribution is -0.144. The first-order chi connectivity index (χ1) is 13.4. The van der Waals surface area contributed by atoms with Gasteiger partial charge in [0.1, 0.15) is 0 Å². The predicted octanol–water partition coefficient (Wildman–Crippen LogP) is 0.766. The number of hydrogen-bond donors (Lipinski definition) is 3. The minimum atomic E-state index is -0.830. The number of amides is 3. The number of nitrogens with one attached hydrogen (secondary N) is 2. The molecule has 0 radical (unpaired) electrons. The summed E-state index contributed by atoms with van der Waals surface area (Å²) < 4.78 is 0. The number of carbonyl (C=O) groups is 4. The van der Waals surface area contributed by atoms with Gasteiger partial charge in [-0.15, -0.1) is 0 Å². The number of rotatable bonds is 5. The highest BCUT2D eigenvalue weighted by molar-refractivity contribution is 5.97. The van der Waals surface area contributed by atoms with Crippen molar-refractivity contribution in [2.75, 3.05) is 19.6 Å². The Balaban J connectivity index is 1.51. The Hall–Kier alpha value is -2.90. The molecule has 1 aliphatic carbocycles. The van der Waals surface area contributed by atoms with E-state index in [9.17, 15) is 19.2 Å². The summed E-state index contributed by atoms with van der Waals surface area (Å²) in [7, 11) is 0. The van der Waals surface area contributed by atoms with E-state index < -0.39 is 11.9 Å². The van der Waals surface area contributed by atoms with Gasteiger partial charge in [-0.1, -0.05) is 18.6 Å². The standard InChI is InChI=1S/C20H25N3O5/c24-17-12-23(9-8-21-17)19(26)14-6-4-13(5-7-14)11-22-18(25)15-2-1-3-16(10-15)20(27)28/h4-7,15-16H,1-3,8-12H2,(H,21,24)(H,22,25)(H,27,28). The lowest BCUT2D eigenvalue weighted by Crippen LogP contribution is -2.49. The third-order valence-electron chi connectivity index (χ3n) is 5.39. The smallest absolute Gasteiger partial charge is 0.306 e. The molecule has 3 rings (SSSR count). The van der Waals surface area contributed by atoms with Crippen LogP contribution in [0.1, 0.15) is 41.6 Å². The molecule has 8 nitrogen and oxygen atoms in total. The average Bonchev–Trinajstić information content (AvgIpc) is 2.72. The monoisotopic (exact) mass is 387 g/mol. The van der Waals surface area contributed by atoms with Crippen LogP contribution in [0.3, 0.4) is 0 Å². The number of carboxylic acid groups (broad SMARTS) is 1. The van der Waals surface area contributed by atoms with Crippen molar-refractivity contribution in [3.8, 4) is 0 Å². The topological polar surface area (TPSA) is 116 Å². The third kappa shape index (κ3) is 4.88. The maximum Gasteiger partial charge on any atom is 0.306 e. The number of benzene rings is 1. The number of piperazine rings is 1. The molecular weight excluding hydrogens is 362 g/mol. The molecule has 3 N–H and O–H groups in total. The second kappa shape index (κ2) is 8.86. The van der Waals surface area contributed by atoms with Gasteiger partial charge in [0.05, 0.1) is 12.5 Å². The van der Waals surface area contributed by atoms with Gasteiger partial charge in [0.15, 0.2) is 0 Å². The molecule has 1 heterocycles. The highest BCUT2D eigenvalue weighted by Crippen LogP contribution is 2.29. The van der Waals surface area contributed by atoms with E-state index in [4.69, 9.17) is 5.11 Å². The number of nitrogens with zero attached hydrogens (tertiary/aromatic N) is 1. The summed E-state index contributed by atoms with van der Waals surface area (Å²) in [5.41, 5.74) is 1.35. The predicted molar refractivity (Wildman–Crippen MR) is 100 cm³/mol. The van der Waals surface area contributed by atoms with Gasteiger partial charge in [0, 0.05) is 31.1 Å². The average molecular weight is 387 g/mol. The van der Waals surface area contributed by atoms with Crippen molar-refractivity contribution >= 4 is 23.7 Å². The SMILES string of the molecule is O=C1CN(C(=O)c2ccc(CNC(=O)C3CCCC(C(=O)O)C3)cc2)CCN1. The molecule has 2 atom stereocenters. The Morgan fingerprint density at radius 2 is 1.86 bits per heavy atom. The van der Waals surface area contributed by atoms with Gasteiger partial charge in [-0.25, -0.2) is 0 Å². The second-order valence-corrected chi connectivity index (χ2v) is 7.39. The van der Waals surface area contributed by atoms with E-state index in [-0.39, 0.29) is 30.2 Å². The van der Waals surface area contributed by atoms with Crippen LogP contribution in [-0.4, -0.2) is 53.3 Å². The summed E-state index contributed by atoms with van der Waals surface area (Å²) in [5, 5.41) is 14.7. The van der Waals surface area contributed by atoms with E-state index in [0.29, 0.717) is 44.5 Å². The van der Waals surface area contributed by atoms with Crippen LogP contribution < -0.4 is 10.6 Å². The summed E-state index contributed by atoms with van der Waals surface area (Å²) in [6.45, 7) is 1.34. The number of hydrogen-bond acceptors (Lipinski definition) is 4. The molecule has 2 unspecified atom stereocenters. The summed E-state index contributed by atoms with van der Waals surface area (Å²) in [6.07, 6.45) is 2.48. The number of aliphatic carboxylic acids is 1. The first kappa shape index (κ1) is 19.9. The zero-order chi connectivity index (χ0) is 20.1. The van der Waals surface area contributed by atoms with Crippen molar-refractivity contribution in [3.05, 3.63) is 35.4 Å². The van der Waals surface area contributed by atoms with Crippen LogP contribution in [0.5, 0.6) is 0 Å². The molecule has 8 heteroatoms. The normalized spacial score (nSPS) is 22.3. The van der Waals surface area contributed by atoms with Gasteiger partial charge in [0.25, 0.3) is 5.91 Å². The number of carboxylic acids is 1. The lowest BCUT2D eigenvalue weighted by atomic mass is 9.81. The van der Waals surface area contributed by atoms with E-state index >= 15 is 0 Å². The Labute approximate surface area is 163 Å². The zero-order valence-electron chi connectivity index (χ0n) is 15.6. The Morgan fingerprint density at radius 3 is 2.54 bits per heavy atom. The van der Waals surface area contributed by atoms with Gasteiger partial charge in [-0.3, -0.25) is 19.2 Å². The summed E-state index contributed by atoms with van der Waals surface area (Å²) in [6, 6.07) is 6.94. The molecule has 1 aromatic carbocycles. The second-order valence-electron chi connectivity index (χ2n) is 7.39. The van der Waals surface area contributed by atoms with Gasteiger partial charge >= 0.3 is 5.97 Å². The summed E-state index contributed by atoms with van der Waals surface area (Å²) in [5.74, 6) is -2.00. The molecule has 1 saturated carbocycles. The van der Waals surface area contributed by atoms with Crippen molar-refractivity contribution in [1.29, 1.82) is 0 Å². The highest BCUT2D eigenvalue weighted by atomic mass is 16.4. The van der Waals surface area contributed by atoms with Gasteiger partial charge < -0.3 is 20.6 Å². The maximum atomic E-state index is 12.4. The van der Waals surface area contributed by atoms with Crippen molar-refractivity contribution in [1.82, 2.24) is 15.5 Å². The minimum absolute atomic E-state index is 0.0648. The first-order valence-corrected chi connectivity index (χ1v) is 9.59. The van der Waals surface area contributed by atoms with Crippen LogP contribution in [0.4, 0.5) is 0 Å². The largest absolute Gasteiger partial charge is 0.481 e. The van der Waals surface area contributed by atoms with Crippen LogP contribution in [0, 0.1) is 11.8 Å². The van der Waals surface area contributed by atoms with Gasteiger partial charge in [-0.2, -0.15) is 0 Å². The quantitative estimate of drug-likeness (QED) is 0.690. The highest BCUT2D eigenvalue weighted by Gasteiger charge is 2.30. The molecule has 28 heavy (non-hydrogen) atoms. The summed E-state index contributed by atoms with van der Waals surface area (Å²) >= 11 is 0. The van der Waals surface area contributed by atoms with Gasteiger partial charge in [-0.05, 0) is 37.0 Å². The molecule has 1 aliphatic heterocycles. The van der Waals surface area contributed by atoms with E-state index in [1.165, 1.54) is 4.90 Å². The van der Waals surface area contributed by atoms with Crippen LogP contribution in [-0.2, 0) is 20.9 Å². The molecule has 0 bridgehead atoms. The summed E-state index contributed by atoms with van der Waals surface area (Å²) in [4.78, 5) is 48.9. The fraction of sp³-hybridized carbons (Fsp3) is 0.500. The number of carbonyl (C=O) groups excluding carboxylic acids is 3. The maximum absolute atomic E-state index is 12.4. The Morgan fingerprint density at radius 1 is 1.14 bits per heavy atom. The van der Waals surface area contributed by atoms with E-state index in [2.05, 4.69) is 10.6 Å². The molecule has 0 aromatic heterocycles. The molecule has 1 aromatic rings. The van der Waals surface area contributed by atoms with E-state index in [0.717, 1.165) is 12.0 Å². The Bertz CT molecular complexity index is 762. The molecule has 2 aliphatic rings. The minimum Gasteiger partial charge on any atom is -0.481 e. The van der Waals surface area contributed by atoms with Crippen molar-refractivity contribution in [3.63, 3.8) is 0 Å². The first-order valence-electron chi connectivity index (χ1n) is 9.59. The van der Waals surface area contributed by atoms with E-state index in [1.54, 1.807) is 24.3 Å². The fourth-order valence-electron chi connectivity index (χ4n) is 3.75. The third-order valence-corrected chi connectivity index (χ3v) is 5.39. The lowest BCUT2D eigenvalue weighted by Gasteiger charge is -2.26. The van der Waals surface area contributed by atoms with Crippen LogP contribution in [0.2, 0.25) is 0 Å². The zero-order valence-corrected chi connectivity index (χ0v) is 15.6. The van der Waals surface area contributed by atoms with Gasteiger partial charge in [0.2, 0.25) is 11.8 Å². The van der Waals surface area contributed by atoms with Crippen molar-refractivity contribution in [2.45, 2.75) is 32.2 Å². The molecule has 2 fully saturated rings. The Kier molecular flexibility index (Phi) is 6.28. The van der Waals surface area contributed by atoms with Crippen molar-refractivity contribution < 1.29 is 24.3 Å². The van der Waals surface area contributed by atoms with Crippen LogP contribution >= 0.6 is 0 Å². The van der Waals surface area contributed by atoms with Crippen molar-refractivity contribution in [2.24, 2.45) is 11.8 Å². The molecular formula is C20H25N3O5. The molecule has 0 spiro atoms. The molecule has 3 amide bonds. The van der Waals surface area contributed by atoms with E-state index in [1.807, 2.05) is 0 Å². The molecule has 150 valence electrons.